The Balaban J connectivity index is 2.52. The molecule has 1 amide bonds. The second kappa shape index (κ2) is 4.28. The lowest BCUT2D eigenvalue weighted by Gasteiger charge is -2.34. The molecule has 1 atom stereocenters. The number of rotatable bonds is 2. The molecule has 1 heterocycles. The number of Topliss-reactive ketones (excluding diaryl/α,β-unsaturated/α-hetero) is 1. The Labute approximate surface area is 99.0 Å². The van der Waals surface area contributed by atoms with Gasteiger partial charge in [0.25, 0.3) is 0 Å². The van der Waals surface area contributed by atoms with Gasteiger partial charge in [0.15, 0.2) is 5.78 Å². The quantitative estimate of drug-likeness (QED) is 0.789. The Morgan fingerprint density at radius 1 is 1.29 bits per heavy atom. The SMILES string of the molecule is CCC1(c2ccc([18F])cc2)C(=O)CCNC1=O. The van der Waals surface area contributed by atoms with E-state index in [0.717, 1.165) is 0 Å². The van der Waals surface area contributed by atoms with Crippen LogP contribution in [0.25, 0.3) is 0 Å². The highest BCUT2D eigenvalue weighted by Gasteiger charge is 2.47. The molecule has 1 unspecified atom stereocenters. The lowest BCUT2D eigenvalue weighted by atomic mass is 9.71. The third-order valence-corrected chi connectivity index (χ3v) is 3.37. The molecule has 4 heteroatoms. The van der Waals surface area contributed by atoms with E-state index < -0.39 is 5.41 Å². The van der Waals surface area contributed by atoms with Gasteiger partial charge in [0.1, 0.15) is 11.2 Å². The zero-order chi connectivity index (χ0) is 12.5. The third-order valence-electron chi connectivity index (χ3n) is 3.37. The predicted molar refractivity (Wildman–Crippen MR) is 61.0 cm³/mol. The van der Waals surface area contributed by atoms with Gasteiger partial charge >= 0.3 is 0 Å². The highest BCUT2D eigenvalue weighted by molar-refractivity contribution is 6.13. The van der Waals surface area contributed by atoms with Gasteiger partial charge in [0.05, 0.1) is 0 Å². The summed E-state index contributed by atoms with van der Waals surface area (Å²) < 4.78 is 12.9. The molecule has 0 saturated carbocycles. The lowest BCUT2D eigenvalue weighted by molar-refractivity contribution is -0.139. The Bertz CT molecular complexity index is 437. The van der Waals surface area contributed by atoms with Crippen molar-refractivity contribution in [2.75, 3.05) is 6.54 Å². The van der Waals surface area contributed by atoms with Crippen molar-refractivity contribution in [3.63, 3.8) is 0 Å². The average molecular weight is 234 g/mol. The van der Waals surface area contributed by atoms with Crippen LogP contribution in [0.3, 0.4) is 0 Å². The lowest BCUT2D eigenvalue weighted by Crippen LogP contribution is -2.54. The molecule has 1 aromatic carbocycles. The Morgan fingerprint density at radius 3 is 2.47 bits per heavy atom. The van der Waals surface area contributed by atoms with E-state index in [1.807, 2.05) is 0 Å². The molecule has 0 aliphatic carbocycles. The topological polar surface area (TPSA) is 46.2 Å². The summed E-state index contributed by atoms with van der Waals surface area (Å²) in [5, 5.41) is 2.71. The van der Waals surface area contributed by atoms with Crippen LogP contribution < -0.4 is 5.32 Å². The van der Waals surface area contributed by atoms with Gasteiger partial charge in [0.2, 0.25) is 5.91 Å². The van der Waals surface area contributed by atoms with E-state index in [2.05, 4.69) is 5.32 Å². The summed E-state index contributed by atoms with van der Waals surface area (Å²) in [7, 11) is 0. The van der Waals surface area contributed by atoms with Gasteiger partial charge in [-0.05, 0) is 24.1 Å². The summed E-state index contributed by atoms with van der Waals surface area (Å²) >= 11 is 0. The number of piperidine rings is 1. The number of hydrogen-bond acceptors (Lipinski definition) is 2. The van der Waals surface area contributed by atoms with Crippen LogP contribution in [-0.2, 0) is 15.0 Å². The van der Waals surface area contributed by atoms with Gasteiger partial charge in [-0.3, -0.25) is 9.59 Å². The summed E-state index contributed by atoms with van der Waals surface area (Å²) in [5.74, 6) is -0.734. The van der Waals surface area contributed by atoms with E-state index in [9.17, 15) is 14.0 Å². The molecule has 1 saturated heterocycles. The average Bonchev–Trinajstić information content (AvgIpc) is 2.32. The molecule has 0 spiro atoms. The summed E-state index contributed by atoms with van der Waals surface area (Å²) in [6.45, 7) is 2.19. The fourth-order valence-electron chi connectivity index (χ4n) is 2.37. The number of nitrogens with one attached hydrogen (secondary N) is 1. The van der Waals surface area contributed by atoms with Crippen molar-refractivity contribution in [2.24, 2.45) is 0 Å². The predicted octanol–water partition coefficient (Wildman–Crippen LogP) is 1.56. The number of carbonyl (C=O) groups excluding carboxylic acids is 2. The Hall–Kier alpha value is -1.71. The molecule has 1 aliphatic heterocycles. The van der Waals surface area contributed by atoms with Crippen LogP contribution in [0, 0.1) is 5.82 Å². The second-order valence-corrected chi connectivity index (χ2v) is 4.19. The van der Waals surface area contributed by atoms with Gasteiger partial charge in [-0.1, -0.05) is 19.1 Å². The number of hydrogen-bond donors (Lipinski definition) is 1. The third kappa shape index (κ3) is 1.73. The van der Waals surface area contributed by atoms with Crippen molar-refractivity contribution < 1.29 is 14.0 Å². The molecule has 1 N–H and O–H groups in total. The molecule has 1 fully saturated rings. The first kappa shape index (κ1) is 11.8. The molecule has 0 bridgehead atoms. The van der Waals surface area contributed by atoms with E-state index in [4.69, 9.17) is 0 Å². The smallest absolute Gasteiger partial charge is 0.238 e. The number of carbonyl (C=O) groups is 2. The van der Waals surface area contributed by atoms with Crippen molar-refractivity contribution >= 4 is 11.7 Å². The van der Waals surface area contributed by atoms with Crippen molar-refractivity contribution in [1.29, 1.82) is 0 Å². The summed E-state index contributed by atoms with van der Waals surface area (Å²) in [5.41, 5.74) is -0.560. The minimum absolute atomic E-state index is 0.0876. The number of halogens is 1. The first-order chi connectivity index (χ1) is 8.11. The minimum atomic E-state index is -1.13. The first-order valence-corrected chi connectivity index (χ1v) is 5.69. The van der Waals surface area contributed by atoms with E-state index in [0.29, 0.717) is 24.9 Å². The van der Waals surface area contributed by atoms with Crippen molar-refractivity contribution in [1.82, 2.24) is 5.32 Å². The monoisotopic (exact) mass is 234 g/mol. The second-order valence-electron chi connectivity index (χ2n) is 4.19. The van der Waals surface area contributed by atoms with E-state index in [1.165, 1.54) is 24.3 Å². The van der Waals surface area contributed by atoms with Crippen molar-refractivity contribution in [3.05, 3.63) is 35.6 Å². The fourth-order valence-corrected chi connectivity index (χ4v) is 2.37. The molecular formula is C13H14FNO2. The van der Waals surface area contributed by atoms with Crippen LogP contribution in [-0.4, -0.2) is 18.2 Å². The standard InChI is InChI=1S/C13H14FNO2/c1-2-13(9-3-5-10(14)6-4-9)11(16)7-8-15-12(13)17/h3-6H,2,7-8H2,1H3,(H,15,17)/i14-1. The highest BCUT2D eigenvalue weighted by atomic mass is 18.2. The van der Waals surface area contributed by atoms with Gasteiger partial charge < -0.3 is 5.32 Å². The fraction of sp³-hybridized carbons (Fsp3) is 0.385. The normalized spacial score (nSPS) is 24.6. The molecule has 17 heavy (non-hydrogen) atoms. The van der Waals surface area contributed by atoms with Gasteiger partial charge in [0, 0.05) is 13.0 Å². The summed E-state index contributed by atoms with van der Waals surface area (Å²) in [4.78, 5) is 24.1. The first-order valence-electron chi connectivity index (χ1n) is 5.69. The molecule has 0 aromatic heterocycles. The number of benzene rings is 1. The molecule has 1 aromatic rings. The van der Waals surface area contributed by atoms with Crippen LogP contribution >= 0.6 is 0 Å². The highest BCUT2D eigenvalue weighted by Crippen LogP contribution is 2.32. The van der Waals surface area contributed by atoms with Crippen LogP contribution in [0.15, 0.2) is 24.3 Å². The zero-order valence-electron chi connectivity index (χ0n) is 9.63. The van der Waals surface area contributed by atoms with Crippen LogP contribution in [0.1, 0.15) is 25.3 Å². The van der Waals surface area contributed by atoms with Crippen LogP contribution in [0.5, 0.6) is 0 Å². The van der Waals surface area contributed by atoms with Crippen molar-refractivity contribution in [2.45, 2.75) is 25.2 Å². The van der Waals surface area contributed by atoms with E-state index >= 15 is 0 Å². The summed E-state index contributed by atoms with van der Waals surface area (Å²) in [6, 6.07) is 5.59. The molecule has 0 radical (unpaired) electrons. The summed E-state index contributed by atoms with van der Waals surface area (Å²) in [6.07, 6.45) is 0.722. The van der Waals surface area contributed by atoms with Gasteiger partial charge in [-0.15, -0.1) is 0 Å². The maximum absolute atomic E-state index is 12.9. The maximum atomic E-state index is 12.9. The maximum Gasteiger partial charge on any atom is 0.238 e. The Kier molecular flexibility index (Phi) is 2.96. The van der Waals surface area contributed by atoms with E-state index in [1.54, 1.807) is 6.92 Å². The minimum Gasteiger partial charge on any atom is -0.354 e. The van der Waals surface area contributed by atoms with E-state index in [-0.39, 0.29) is 17.5 Å². The van der Waals surface area contributed by atoms with Crippen LogP contribution in [0.4, 0.5) is 4.39 Å². The molecular weight excluding hydrogens is 220 g/mol. The number of amides is 1. The zero-order valence-corrected chi connectivity index (χ0v) is 9.63. The van der Waals surface area contributed by atoms with Crippen LogP contribution in [0.2, 0.25) is 0 Å². The molecule has 90 valence electrons. The Morgan fingerprint density at radius 2 is 1.94 bits per heavy atom. The van der Waals surface area contributed by atoms with Gasteiger partial charge in [-0.25, -0.2) is 4.39 Å². The van der Waals surface area contributed by atoms with Crippen molar-refractivity contribution in [3.8, 4) is 0 Å². The molecule has 2 rings (SSSR count). The largest absolute Gasteiger partial charge is 0.354 e. The van der Waals surface area contributed by atoms with Gasteiger partial charge in [-0.2, -0.15) is 0 Å². The molecule has 3 nitrogen and oxygen atoms in total. The number of ketones is 1. The molecule has 1 aliphatic rings.